The number of aromatic nitrogens is 5. The van der Waals surface area contributed by atoms with Crippen molar-refractivity contribution in [3.05, 3.63) is 60.4 Å². The molecule has 9 heteroatoms. The predicted octanol–water partition coefficient (Wildman–Crippen LogP) is 3.88. The molecule has 2 aromatic heterocycles. The summed E-state index contributed by atoms with van der Waals surface area (Å²) in [6.07, 6.45) is 3.65. The van der Waals surface area contributed by atoms with Crippen LogP contribution in [0.3, 0.4) is 0 Å². The van der Waals surface area contributed by atoms with Gasteiger partial charge in [0.05, 0.1) is 37.6 Å². The molecule has 0 spiro atoms. The van der Waals surface area contributed by atoms with Crippen molar-refractivity contribution in [2.45, 2.75) is 6.92 Å². The highest BCUT2D eigenvalue weighted by Gasteiger charge is 2.15. The van der Waals surface area contributed by atoms with Crippen molar-refractivity contribution in [2.75, 3.05) is 19.5 Å². The second kappa shape index (κ2) is 7.86. The fraction of sp³-hybridized carbons (Fsp3) is 0.190. The lowest BCUT2D eigenvalue weighted by atomic mass is 10.1. The van der Waals surface area contributed by atoms with E-state index in [1.807, 2.05) is 35.9 Å². The number of nitrogens with zero attached hydrogens (tertiary/aromatic N) is 5. The fourth-order valence-electron chi connectivity index (χ4n) is 3.05. The van der Waals surface area contributed by atoms with Gasteiger partial charge in [0.2, 0.25) is 5.95 Å². The van der Waals surface area contributed by atoms with E-state index in [-0.39, 0.29) is 5.69 Å². The summed E-state index contributed by atoms with van der Waals surface area (Å²) in [5.74, 6) is 1.66. The maximum atomic E-state index is 14.2. The molecule has 4 aromatic rings. The second-order valence-electron chi connectivity index (χ2n) is 6.66. The SMILES string of the molecule is COc1ccc(F)c(Nc2nc(-c3ccc(-n4cnc(C)c4)c(OC)c3)nn2C)c1. The van der Waals surface area contributed by atoms with Gasteiger partial charge in [-0.25, -0.2) is 14.1 Å². The number of imidazole rings is 1. The summed E-state index contributed by atoms with van der Waals surface area (Å²) in [6.45, 7) is 1.93. The van der Waals surface area contributed by atoms with E-state index in [1.54, 1.807) is 37.3 Å². The van der Waals surface area contributed by atoms with Crippen LogP contribution in [0.5, 0.6) is 11.5 Å². The van der Waals surface area contributed by atoms with Crippen LogP contribution in [-0.2, 0) is 7.05 Å². The van der Waals surface area contributed by atoms with Crippen LogP contribution in [0.15, 0.2) is 48.9 Å². The maximum Gasteiger partial charge on any atom is 0.226 e. The van der Waals surface area contributed by atoms with Gasteiger partial charge in [0.1, 0.15) is 17.3 Å². The smallest absolute Gasteiger partial charge is 0.226 e. The van der Waals surface area contributed by atoms with Crippen molar-refractivity contribution in [2.24, 2.45) is 7.05 Å². The summed E-state index contributed by atoms with van der Waals surface area (Å²) in [5, 5.41) is 7.41. The average Bonchev–Trinajstić information content (AvgIpc) is 3.34. The standard InChI is InChI=1S/C21H21FN6O2/c1-13-11-28(12-23-13)18-8-5-14(9-19(18)30-4)20-25-21(27(2)26-20)24-17-10-15(29-3)6-7-16(17)22/h5-12H,1-4H3,(H,24,25,26). The van der Waals surface area contributed by atoms with E-state index >= 15 is 0 Å². The Morgan fingerprint density at radius 2 is 1.90 bits per heavy atom. The average molecular weight is 408 g/mol. The molecule has 2 heterocycles. The third-order valence-corrected chi connectivity index (χ3v) is 4.61. The Morgan fingerprint density at radius 1 is 1.07 bits per heavy atom. The topological polar surface area (TPSA) is 79.0 Å². The van der Waals surface area contributed by atoms with E-state index < -0.39 is 5.82 Å². The van der Waals surface area contributed by atoms with Gasteiger partial charge in [-0.3, -0.25) is 0 Å². The van der Waals surface area contributed by atoms with Gasteiger partial charge in [-0.05, 0) is 37.3 Å². The molecule has 0 saturated carbocycles. The zero-order valence-corrected chi connectivity index (χ0v) is 17.0. The Hall–Kier alpha value is -3.88. The maximum absolute atomic E-state index is 14.2. The summed E-state index contributed by atoms with van der Waals surface area (Å²) in [7, 11) is 4.87. The number of aryl methyl sites for hydroxylation is 2. The van der Waals surface area contributed by atoms with Gasteiger partial charge in [-0.15, -0.1) is 5.10 Å². The molecule has 1 N–H and O–H groups in total. The minimum absolute atomic E-state index is 0.250. The molecule has 4 rings (SSSR count). The molecular weight excluding hydrogens is 387 g/mol. The molecule has 0 aliphatic carbocycles. The Kier molecular flexibility index (Phi) is 5.09. The molecule has 2 aromatic carbocycles. The van der Waals surface area contributed by atoms with E-state index in [4.69, 9.17) is 9.47 Å². The molecule has 0 bridgehead atoms. The van der Waals surface area contributed by atoms with Gasteiger partial charge in [0.15, 0.2) is 5.82 Å². The summed E-state index contributed by atoms with van der Waals surface area (Å²) in [5.41, 5.74) is 2.78. The summed E-state index contributed by atoms with van der Waals surface area (Å²) in [6, 6.07) is 10.1. The van der Waals surface area contributed by atoms with Crippen molar-refractivity contribution in [1.29, 1.82) is 0 Å². The first-order valence-corrected chi connectivity index (χ1v) is 9.19. The highest BCUT2D eigenvalue weighted by Crippen LogP contribution is 2.30. The molecule has 30 heavy (non-hydrogen) atoms. The van der Waals surface area contributed by atoms with Crippen LogP contribution < -0.4 is 14.8 Å². The highest BCUT2D eigenvalue weighted by atomic mass is 19.1. The van der Waals surface area contributed by atoms with Gasteiger partial charge >= 0.3 is 0 Å². The molecule has 0 unspecified atom stereocenters. The normalized spacial score (nSPS) is 10.8. The van der Waals surface area contributed by atoms with Crippen molar-refractivity contribution >= 4 is 11.6 Å². The van der Waals surface area contributed by atoms with Crippen molar-refractivity contribution < 1.29 is 13.9 Å². The molecule has 0 aliphatic rings. The molecule has 0 amide bonds. The van der Waals surface area contributed by atoms with Crippen molar-refractivity contribution in [1.82, 2.24) is 24.3 Å². The van der Waals surface area contributed by atoms with E-state index in [0.29, 0.717) is 23.3 Å². The minimum atomic E-state index is -0.415. The first-order valence-electron chi connectivity index (χ1n) is 9.19. The number of methoxy groups -OCH3 is 2. The van der Waals surface area contributed by atoms with Crippen LogP contribution in [0.4, 0.5) is 16.0 Å². The van der Waals surface area contributed by atoms with E-state index in [2.05, 4.69) is 20.4 Å². The number of rotatable bonds is 6. The second-order valence-corrected chi connectivity index (χ2v) is 6.66. The Labute approximate surface area is 172 Å². The van der Waals surface area contributed by atoms with Crippen molar-refractivity contribution in [3.63, 3.8) is 0 Å². The number of hydrogen-bond acceptors (Lipinski definition) is 6. The highest BCUT2D eigenvalue weighted by molar-refractivity contribution is 5.65. The Balaban J connectivity index is 1.66. The summed E-state index contributed by atoms with van der Waals surface area (Å²) >= 11 is 0. The lowest BCUT2D eigenvalue weighted by Gasteiger charge is -2.10. The summed E-state index contributed by atoms with van der Waals surface area (Å²) in [4.78, 5) is 8.77. The molecule has 0 atom stereocenters. The molecule has 0 radical (unpaired) electrons. The van der Waals surface area contributed by atoms with Crippen LogP contribution in [0, 0.1) is 12.7 Å². The quantitative estimate of drug-likeness (QED) is 0.522. The fourth-order valence-corrected chi connectivity index (χ4v) is 3.05. The lowest BCUT2D eigenvalue weighted by molar-refractivity contribution is 0.413. The molecule has 8 nitrogen and oxygen atoms in total. The molecule has 0 aliphatic heterocycles. The van der Waals surface area contributed by atoms with Crippen LogP contribution in [0.1, 0.15) is 5.69 Å². The van der Waals surface area contributed by atoms with Crippen LogP contribution in [0.25, 0.3) is 17.1 Å². The molecular formula is C21H21FN6O2. The number of hydrogen-bond donors (Lipinski definition) is 1. The zero-order chi connectivity index (χ0) is 21.3. The monoisotopic (exact) mass is 408 g/mol. The lowest BCUT2D eigenvalue weighted by Crippen LogP contribution is -2.02. The number of anilines is 2. The van der Waals surface area contributed by atoms with Gasteiger partial charge in [-0.2, -0.15) is 4.98 Å². The third kappa shape index (κ3) is 3.69. The van der Waals surface area contributed by atoms with Gasteiger partial charge in [0, 0.05) is 24.9 Å². The molecule has 154 valence electrons. The van der Waals surface area contributed by atoms with Crippen LogP contribution in [0.2, 0.25) is 0 Å². The minimum Gasteiger partial charge on any atom is -0.497 e. The number of halogens is 1. The van der Waals surface area contributed by atoms with Crippen LogP contribution >= 0.6 is 0 Å². The van der Waals surface area contributed by atoms with E-state index in [9.17, 15) is 4.39 Å². The predicted molar refractivity (Wildman–Crippen MR) is 111 cm³/mol. The van der Waals surface area contributed by atoms with Crippen LogP contribution in [-0.4, -0.2) is 38.5 Å². The number of ether oxygens (including phenoxy) is 2. The van der Waals surface area contributed by atoms with E-state index in [1.165, 1.54) is 13.2 Å². The van der Waals surface area contributed by atoms with Crippen molar-refractivity contribution in [3.8, 4) is 28.6 Å². The molecule has 0 fully saturated rings. The van der Waals surface area contributed by atoms with Gasteiger partial charge < -0.3 is 19.4 Å². The van der Waals surface area contributed by atoms with E-state index in [0.717, 1.165) is 16.9 Å². The first-order chi connectivity index (χ1) is 14.5. The number of benzene rings is 2. The largest absolute Gasteiger partial charge is 0.497 e. The summed E-state index contributed by atoms with van der Waals surface area (Å²) < 4.78 is 28.3. The van der Waals surface area contributed by atoms with Gasteiger partial charge in [-0.1, -0.05) is 0 Å². The van der Waals surface area contributed by atoms with Gasteiger partial charge in [0.25, 0.3) is 0 Å². The third-order valence-electron chi connectivity index (χ3n) is 4.61. The number of nitrogens with one attached hydrogen (secondary N) is 1. The Bertz CT molecular complexity index is 1200. The first kappa shape index (κ1) is 19.4. The molecule has 0 saturated heterocycles. The Morgan fingerprint density at radius 3 is 2.60 bits per heavy atom. The zero-order valence-electron chi connectivity index (χ0n) is 17.0.